The normalized spacial score (nSPS) is 38.9. The summed E-state index contributed by atoms with van der Waals surface area (Å²) in [7, 11) is 0. The van der Waals surface area contributed by atoms with Crippen molar-refractivity contribution >= 4 is 0 Å². The Balaban J connectivity index is 1.55. The van der Waals surface area contributed by atoms with Gasteiger partial charge in [-0.15, -0.1) is 0 Å². The van der Waals surface area contributed by atoms with Crippen LogP contribution in [-0.4, -0.2) is 27.0 Å². The molecule has 0 aromatic carbocycles. The Kier molecular flexibility index (Phi) is 3.30. The maximum atomic E-state index is 10.0. The first-order valence-electron chi connectivity index (χ1n) is 8.31. The third-order valence-corrected chi connectivity index (χ3v) is 5.88. The number of rotatable bonds is 5. The summed E-state index contributed by atoms with van der Waals surface area (Å²) < 4.78 is 5.32. The molecule has 1 heterocycles. The van der Waals surface area contributed by atoms with Crippen molar-refractivity contribution in [3.8, 4) is 0 Å². The van der Waals surface area contributed by atoms with Crippen LogP contribution in [0.5, 0.6) is 0 Å². The van der Waals surface area contributed by atoms with E-state index in [4.69, 9.17) is 9.63 Å². The van der Waals surface area contributed by atoms with E-state index in [1.165, 1.54) is 38.5 Å². The SMILES string of the molecule is OCCC[C@H](O)c1nc(C23CC4CC(CC(C4)C2)C3)no1. The topological polar surface area (TPSA) is 79.4 Å². The molecule has 0 saturated heterocycles. The van der Waals surface area contributed by atoms with Gasteiger partial charge in [-0.25, -0.2) is 0 Å². The molecule has 1 aromatic heterocycles. The molecule has 2 N–H and O–H groups in total. The summed E-state index contributed by atoms with van der Waals surface area (Å²) in [5, 5.41) is 23.1. The summed E-state index contributed by atoms with van der Waals surface area (Å²) in [5.41, 5.74) is 0.118. The fraction of sp³-hybridized carbons (Fsp3) is 0.875. The van der Waals surface area contributed by atoms with Crippen molar-refractivity contribution < 1.29 is 14.7 Å². The zero-order chi connectivity index (χ0) is 14.4. The van der Waals surface area contributed by atoms with Crippen molar-refractivity contribution in [2.24, 2.45) is 17.8 Å². The van der Waals surface area contributed by atoms with E-state index >= 15 is 0 Å². The highest BCUT2D eigenvalue weighted by Gasteiger charge is 2.53. The van der Waals surface area contributed by atoms with Gasteiger partial charge in [0.2, 0.25) is 0 Å². The minimum absolute atomic E-state index is 0.0764. The van der Waals surface area contributed by atoms with Crippen molar-refractivity contribution in [2.45, 2.75) is 62.9 Å². The number of hydrogen-bond acceptors (Lipinski definition) is 5. The molecule has 0 radical (unpaired) electrons. The number of aliphatic hydroxyl groups is 2. The number of aliphatic hydroxyl groups excluding tert-OH is 2. The molecule has 4 bridgehead atoms. The minimum Gasteiger partial charge on any atom is -0.396 e. The highest BCUT2D eigenvalue weighted by molar-refractivity contribution is 5.16. The zero-order valence-electron chi connectivity index (χ0n) is 12.4. The second-order valence-corrected chi connectivity index (χ2v) is 7.54. The van der Waals surface area contributed by atoms with Crippen LogP contribution in [0.1, 0.15) is 69.2 Å². The highest BCUT2D eigenvalue weighted by atomic mass is 16.5. The molecule has 5 rings (SSSR count). The molecule has 4 aliphatic carbocycles. The van der Waals surface area contributed by atoms with E-state index < -0.39 is 6.10 Å². The summed E-state index contributed by atoms with van der Waals surface area (Å²) in [6.45, 7) is 0.0764. The fourth-order valence-electron chi connectivity index (χ4n) is 5.38. The maximum absolute atomic E-state index is 10.0. The monoisotopic (exact) mass is 292 g/mol. The average Bonchev–Trinajstić information content (AvgIpc) is 2.94. The zero-order valence-corrected chi connectivity index (χ0v) is 12.4. The number of aromatic nitrogens is 2. The van der Waals surface area contributed by atoms with Crippen LogP contribution in [-0.2, 0) is 5.41 Å². The molecule has 4 fully saturated rings. The van der Waals surface area contributed by atoms with E-state index in [0.717, 1.165) is 23.6 Å². The first-order valence-corrected chi connectivity index (χ1v) is 8.31. The van der Waals surface area contributed by atoms with E-state index in [-0.39, 0.29) is 12.0 Å². The Hall–Kier alpha value is -0.940. The lowest BCUT2D eigenvalue weighted by atomic mass is 9.49. The molecule has 0 amide bonds. The summed E-state index contributed by atoms with van der Waals surface area (Å²) in [6.07, 6.45) is 8.05. The number of hydrogen-bond donors (Lipinski definition) is 2. The second-order valence-electron chi connectivity index (χ2n) is 7.54. The molecule has 4 aliphatic rings. The van der Waals surface area contributed by atoms with Gasteiger partial charge in [-0.1, -0.05) is 5.16 Å². The average molecular weight is 292 g/mol. The Morgan fingerprint density at radius 2 is 1.76 bits per heavy atom. The molecule has 1 aromatic rings. The predicted octanol–water partition coefficient (Wildman–Crippen LogP) is 2.34. The summed E-state index contributed by atoms with van der Waals surface area (Å²) in [4.78, 5) is 4.54. The molecule has 0 unspecified atom stereocenters. The van der Waals surface area contributed by atoms with Gasteiger partial charge >= 0.3 is 0 Å². The molecule has 0 spiro atoms. The van der Waals surface area contributed by atoms with E-state index in [0.29, 0.717) is 18.7 Å². The van der Waals surface area contributed by atoms with Gasteiger partial charge in [-0.05, 0) is 69.1 Å². The third kappa shape index (κ3) is 2.30. The predicted molar refractivity (Wildman–Crippen MR) is 75.4 cm³/mol. The van der Waals surface area contributed by atoms with Gasteiger partial charge in [0.05, 0.1) is 0 Å². The van der Waals surface area contributed by atoms with Crippen molar-refractivity contribution in [3.63, 3.8) is 0 Å². The van der Waals surface area contributed by atoms with Crippen molar-refractivity contribution in [2.75, 3.05) is 6.61 Å². The Morgan fingerprint density at radius 3 is 2.33 bits per heavy atom. The Bertz CT molecular complexity index is 478. The quantitative estimate of drug-likeness (QED) is 0.871. The van der Waals surface area contributed by atoms with Crippen LogP contribution >= 0.6 is 0 Å². The summed E-state index contributed by atoms with van der Waals surface area (Å²) in [6, 6.07) is 0. The van der Waals surface area contributed by atoms with Crippen LogP contribution in [0.25, 0.3) is 0 Å². The lowest BCUT2D eigenvalue weighted by molar-refractivity contribution is -0.0103. The standard InChI is InChI=1S/C16H24N2O3/c19-3-1-2-13(20)14-17-15(18-21-14)16-7-10-4-11(8-16)6-12(5-10)9-16/h10-13,19-20H,1-9H2/t10?,11?,12?,13-,16?/m0/s1. The molecule has 5 nitrogen and oxygen atoms in total. The van der Waals surface area contributed by atoms with Crippen LogP contribution in [0.2, 0.25) is 0 Å². The van der Waals surface area contributed by atoms with Crippen molar-refractivity contribution in [1.82, 2.24) is 10.1 Å². The van der Waals surface area contributed by atoms with Gasteiger partial charge in [-0.2, -0.15) is 4.98 Å². The molecular weight excluding hydrogens is 268 g/mol. The van der Waals surface area contributed by atoms with Crippen molar-refractivity contribution in [3.05, 3.63) is 11.7 Å². The van der Waals surface area contributed by atoms with Crippen LogP contribution < -0.4 is 0 Å². The molecule has 0 aliphatic heterocycles. The summed E-state index contributed by atoms with van der Waals surface area (Å²) >= 11 is 0. The third-order valence-electron chi connectivity index (χ3n) is 5.88. The largest absolute Gasteiger partial charge is 0.396 e. The van der Waals surface area contributed by atoms with E-state index in [1.54, 1.807) is 0 Å². The molecule has 5 heteroatoms. The molecular formula is C16H24N2O3. The number of nitrogens with zero attached hydrogens (tertiary/aromatic N) is 2. The minimum atomic E-state index is -0.743. The first-order chi connectivity index (χ1) is 10.2. The smallest absolute Gasteiger partial charge is 0.255 e. The van der Waals surface area contributed by atoms with Gasteiger partial charge in [0.25, 0.3) is 5.89 Å². The van der Waals surface area contributed by atoms with Gasteiger partial charge in [0, 0.05) is 12.0 Å². The second kappa shape index (κ2) is 5.06. The van der Waals surface area contributed by atoms with Gasteiger partial charge in [0.15, 0.2) is 5.82 Å². The van der Waals surface area contributed by atoms with E-state index in [2.05, 4.69) is 10.1 Å². The molecule has 4 saturated carbocycles. The highest BCUT2D eigenvalue weighted by Crippen LogP contribution is 2.60. The summed E-state index contributed by atoms with van der Waals surface area (Å²) in [5.74, 6) is 3.70. The van der Waals surface area contributed by atoms with Crippen LogP contribution in [0.4, 0.5) is 0 Å². The van der Waals surface area contributed by atoms with E-state index in [9.17, 15) is 5.11 Å². The molecule has 116 valence electrons. The lowest BCUT2D eigenvalue weighted by Crippen LogP contribution is -2.49. The van der Waals surface area contributed by atoms with Gasteiger partial charge in [0.1, 0.15) is 6.10 Å². The van der Waals surface area contributed by atoms with Crippen molar-refractivity contribution in [1.29, 1.82) is 0 Å². The maximum Gasteiger partial charge on any atom is 0.255 e. The first kappa shape index (κ1) is 13.7. The molecule has 21 heavy (non-hydrogen) atoms. The van der Waals surface area contributed by atoms with Gasteiger partial charge < -0.3 is 14.7 Å². The molecule has 1 atom stereocenters. The van der Waals surface area contributed by atoms with Gasteiger partial charge in [-0.3, -0.25) is 0 Å². The lowest BCUT2D eigenvalue weighted by Gasteiger charge is -2.55. The van der Waals surface area contributed by atoms with Crippen LogP contribution in [0.3, 0.4) is 0 Å². The fourth-order valence-corrected chi connectivity index (χ4v) is 5.38. The van der Waals surface area contributed by atoms with E-state index in [1.807, 2.05) is 0 Å². The Labute approximate surface area is 124 Å². The van der Waals surface area contributed by atoms with Crippen LogP contribution in [0, 0.1) is 17.8 Å². The van der Waals surface area contributed by atoms with Crippen LogP contribution in [0.15, 0.2) is 4.52 Å². The Morgan fingerprint density at radius 1 is 1.14 bits per heavy atom.